The number of hydrogen-bond donors (Lipinski definition) is 1. The van der Waals surface area contributed by atoms with Crippen molar-refractivity contribution in [1.82, 2.24) is 9.80 Å². The lowest BCUT2D eigenvalue weighted by molar-refractivity contribution is -0.138. The number of rotatable bonds is 4. The topological polar surface area (TPSA) is 90.4 Å². The predicted molar refractivity (Wildman–Crippen MR) is 102 cm³/mol. The summed E-state index contributed by atoms with van der Waals surface area (Å²) in [6.45, 7) is 5.60. The van der Waals surface area contributed by atoms with E-state index in [-0.39, 0.29) is 18.2 Å². The minimum Gasteiger partial charge on any atom is -0.338 e. The summed E-state index contributed by atoms with van der Waals surface area (Å²) in [5.41, 5.74) is 8.08. The summed E-state index contributed by atoms with van der Waals surface area (Å²) in [5, 5.41) is 9.22. The standard InChI is InChI=1S/C21H28N4O2/c1-21(2,19(23)20(27)25-10-5-8-17(25)13-22)12-18(26)24-11-9-15-6-3-4-7-16(15)14-24/h3-4,6-7,17,19H,5,8-12,14,23H2,1-2H3/t17-,19+/m0/s1. The molecule has 2 N–H and O–H groups in total. The Labute approximate surface area is 160 Å². The Morgan fingerprint density at radius 1 is 1.30 bits per heavy atom. The molecule has 2 aliphatic rings. The molecule has 1 aromatic carbocycles. The first-order valence-corrected chi connectivity index (χ1v) is 9.64. The molecular formula is C21H28N4O2. The molecule has 0 saturated carbocycles. The lowest BCUT2D eigenvalue weighted by atomic mass is 9.80. The third kappa shape index (κ3) is 3.98. The third-order valence-corrected chi connectivity index (χ3v) is 5.88. The van der Waals surface area contributed by atoms with Crippen LogP contribution in [0.5, 0.6) is 0 Å². The molecule has 27 heavy (non-hydrogen) atoms. The van der Waals surface area contributed by atoms with E-state index in [1.807, 2.05) is 30.9 Å². The molecule has 0 aromatic heterocycles. The zero-order valence-electron chi connectivity index (χ0n) is 16.1. The number of amides is 2. The minimum atomic E-state index is -0.799. The van der Waals surface area contributed by atoms with Gasteiger partial charge in [-0.2, -0.15) is 5.26 Å². The fraction of sp³-hybridized carbons (Fsp3) is 0.571. The van der Waals surface area contributed by atoms with Crippen LogP contribution >= 0.6 is 0 Å². The molecule has 2 aliphatic heterocycles. The van der Waals surface area contributed by atoms with Crippen LogP contribution in [0.2, 0.25) is 0 Å². The summed E-state index contributed by atoms with van der Waals surface area (Å²) in [4.78, 5) is 29.1. The first kappa shape index (κ1) is 19.4. The van der Waals surface area contributed by atoms with E-state index in [2.05, 4.69) is 18.2 Å². The molecule has 0 radical (unpaired) electrons. The van der Waals surface area contributed by atoms with Crippen molar-refractivity contribution in [3.8, 4) is 6.07 Å². The highest BCUT2D eigenvalue weighted by molar-refractivity contribution is 5.85. The van der Waals surface area contributed by atoms with Crippen molar-refractivity contribution < 1.29 is 9.59 Å². The molecule has 0 unspecified atom stereocenters. The zero-order chi connectivity index (χ0) is 19.6. The SMILES string of the molecule is CC(C)(CC(=O)N1CCc2ccccc2C1)[C@H](N)C(=O)N1CCC[C@H]1C#N. The second kappa shape index (κ2) is 7.69. The van der Waals surface area contributed by atoms with E-state index in [1.165, 1.54) is 11.1 Å². The average Bonchev–Trinajstić information content (AvgIpc) is 3.14. The fourth-order valence-corrected chi connectivity index (χ4v) is 4.00. The fourth-order valence-electron chi connectivity index (χ4n) is 4.00. The maximum Gasteiger partial charge on any atom is 0.241 e. The van der Waals surface area contributed by atoms with Crippen molar-refractivity contribution in [2.24, 2.45) is 11.1 Å². The third-order valence-electron chi connectivity index (χ3n) is 5.88. The lowest BCUT2D eigenvalue weighted by Crippen LogP contribution is -2.53. The summed E-state index contributed by atoms with van der Waals surface area (Å²) in [6, 6.07) is 9.17. The van der Waals surface area contributed by atoms with Gasteiger partial charge in [-0.05, 0) is 35.8 Å². The highest BCUT2D eigenvalue weighted by Crippen LogP contribution is 2.30. The van der Waals surface area contributed by atoms with Crippen molar-refractivity contribution in [3.63, 3.8) is 0 Å². The van der Waals surface area contributed by atoms with Gasteiger partial charge < -0.3 is 15.5 Å². The molecule has 2 amide bonds. The van der Waals surface area contributed by atoms with Crippen LogP contribution in [0.4, 0.5) is 0 Å². The van der Waals surface area contributed by atoms with Crippen LogP contribution in [0.25, 0.3) is 0 Å². The molecule has 1 fully saturated rings. The Morgan fingerprint density at radius 3 is 2.70 bits per heavy atom. The molecule has 2 atom stereocenters. The van der Waals surface area contributed by atoms with Crippen molar-refractivity contribution in [1.29, 1.82) is 5.26 Å². The first-order chi connectivity index (χ1) is 12.8. The molecule has 3 rings (SSSR count). The number of nitrogens with two attached hydrogens (primary N) is 1. The van der Waals surface area contributed by atoms with E-state index in [0.29, 0.717) is 26.1 Å². The van der Waals surface area contributed by atoms with Crippen LogP contribution < -0.4 is 5.73 Å². The van der Waals surface area contributed by atoms with Crippen LogP contribution in [-0.2, 0) is 22.6 Å². The van der Waals surface area contributed by atoms with Crippen molar-refractivity contribution in [3.05, 3.63) is 35.4 Å². The number of nitriles is 1. The van der Waals surface area contributed by atoms with E-state index < -0.39 is 17.5 Å². The molecular weight excluding hydrogens is 340 g/mol. The summed E-state index contributed by atoms with van der Waals surface area (Å²) in [6.07, 6.45) is 2.59. The lowest BCUT2D eigenvalue weighted by Gasteiger charge is -2.36. The summed E-state index contributed by atoms with van der Waals surface area (Å²) < 4.78 is 0. The Morgan fingerprint density at radius 2 is 2.00 bits per heavy atom. The van der Waals surface area contributed by atoms with E-state index >= 15 is 0 Å². The van der Waals surface area contributed by atoms with E-state index in [1.54, 1.807) is 4.90 Å². The second-order valence-corrected chi connectivity index (χ2v) is 8.30. The Balaban J connectivity index is 1.64. The van der Waals surface area contributed by atoms with Gasteiger partial charge in [-0.15, -0.1) is 0 Å². The number of nitrogens with zero attached hydrogens (tertiary/aromatic N) is 3. The summed E-state index contributed by atoms with van der Waals surface area (Å²) >= 11 is 0. The van der Waals surface area contributed by atoms with E-state index in [4.69, 9.17) is 5.73 Å². The van der Waals surface area contributed by atoms with Gasteiger partial charge >= 0.3 is 0 Å². The van der Waals surface area contributed by atoms with Gasteiger partial charge in [-0.1, -0.05) is 38.1 Å². The smallest absolute Gasteiger partial charge is 0.241 e. The monoisotopic (exact) mass is 368 g/mol. The summed E-state index contributed by atoms with van der Waals surface area (Å²) in [5.74, 6) is -0.197. The predicted octanol–water partition coefficient (Wildman–Crippen LogP) is 1.83. The van der Waals surface area contributed by atoms with Gasteiger partial charge in [-0.3, -0.25) is 9.59 Å². The molecule has 0 spiro atoms. The molecule has 0 bridgehead atoms. The number of hydrogen-bond acceptors (Lipinski definition) is 4. The largest absolute Gasteiger partial charge is 0.338 e. The van der Waals surface area contributed by atoms with Crippen LogP contribution in [0.15, 0.2) is 24.3 Å². The van der Waals surface area contributed by atoms with Crippen LogP contribution in [0.1, 0.15) is 44.2 Å². The van der Waals surface area contributed by atoms with Crippen LogP contribution in [0, 0.1) is 16.7 Å². The molecule has 0 aliphatic carbocycles. The number of carbonyl (C=O) groups excluding carboxylic acids is 2. The minimum absolute atomic E-state index is 0.0241. The van der Waals surface area contributed by atoms with Gasteiger partial charge in [0, 0.05) is 26.1 Å². The Kier molecular flexibility index (Phi) is 5.52. The van der Waals surface area contributed by atoms with Gasteiger partial charge in [-0.25, -0.2) is 0 Å². The maximum atomic E-state index is 12.9. The Hall–Kier alpha value is -2.39. The average molecular weight is 368 g/mol. The molecule has 144 valence electrons. The number of fused-ring (bicyclic) bond motifs is 1. The van der Waals surface area contributed by atoms with Gasteiger partial charge in [0.2, 0.25) is 11.8 Å². The second-order valence-electron chi connectivity index (χ2n) is 8.30. The van der Waals surface area contributed by atoms with Crippen molar-refractivity contribution in [2.75, 3.05) is 13.1 Å². The number of likely N-dealkylation sites (tertiary alicyclic amines) is 1. The first-order valence-electron chi connectivity index (χ1n) is 9.64. The zero-order valence-corrected chi connectivity index (χ0v) is 16.1. The maximum absolute atomic E-state index is 12.9. The van der Waals surface area contributed by atoms with Crippen molar-refractivity contribution >= 4 is 11.8 Å². The van der Waals surface area contributed by atoms with Crippen LogP contribution in [0.3, 0.4) is 0 Å². The van der Waals surface area contributed by atoms with Gasteiger partial charge in [0.05, 0.1) is 12.1 Å². The van der Waals surface area contributed by atoms with Gasteiger partial charge in [0.1, 0.15) is 6.04 Å². The molecule has 6 nitrogen and oxygen atoms in total. The van der Waals surface area contributed by atoms with Crippen LogP contribution in [-0.4, -0.2) is 46.8 Å². The van der Waals surface area contributed by atoms with E-state index in [0.717, 1.165) is 12.8 Å². The Bertz CT molecular complexity index is 768. The molecule has 2 heterocycles. The highest BCUT2D eigenvalue weighted by atomic mass is 16.2. The summed E-state index contributed by atoms with van der Waals surface area (Å²) in [7, 11) is 0. The normalized spacial score (nSPS) is 20.7. The molecule has 6 heteroatoms. The van der Waals surface area contributed by atoms with Gasteiger partial charge in [0.25, 0.3) is 0 Å². The van der Waals surface area contributed by atoms with Gasteiger partial charge in [0.15, 0.2) is 0 Å². The quantitative estimate of drug-likeness (QED) is 0.878. The number of benzene rings is 1. The van der Waals surface area contributed by atoms with E-state index in [9.17, 15) is 14.9 Å². The molecule has 1 saturated heterocycles. The number of carbonyl (C=O) groups is 2. The molecule has 1 aromatic rings. The van der Waals surface area contributed by atoms with Crippen molar-refractivity contribution in [2.45, 2.75) is 58.2 Å². The highest BCUT2D eigenvalue weighted by Gasteiger charge is 2.40.